The van der Waals surface area contributed by atoms with Crippen molar-refractivity contribution in [3.8, 4) is 0 Å². The summed E-state index contributed by atoms with van der Waals surface area (Å²) in [5, 5.41) is 0. The Morgan fingerprint density at radius 3 is 2.11 bits per heavy atom. The van der Waals surface area contributed by atoms with Gasteiger partial charge in [0.25, 0.3) is 0 Å². The van der Waals surface area contributed by atoms with Crippen LogP contribution in [0.3, 0.4) is 0 Å². The van der Waals surface area contributed by atoms with E-state index in [1.165, 1.54) is 6.92 Å². The molecule has 52 valence electrons. The molecule has 0 aromatic heterocycles. The average Bonchev–Trinajstić information content (AvgIpc) is 1.67. The van der Waals surface area contributed by atoms with Crippen molar-refractivity contribution >= 4 is 40.0 Å². The van der Waals surface area contributed by atoms with Crippen LogP contribution in [0.2, 0.25) is 0 Å². The Bertz CT molecular complexity index is 143. The van der Waals surface area contributed by atoms with E-state index in [0.29, 0.717) is 0 Å². The van der Waals surface area contributed by atoms with Gasteiger partial charge in [-0.1, -0.05) is 0 Å². The molecule has 0 aromatic carbocycles. The van der Waals surface area contributed by atoms with Gasteiger partial charge in [0.15, 0.2) is 0 Å². The molecule has 0 radical (unpaired) electrons. The Morgan fingerprint density at radius 2 is 2.00 bits per heavy atom. The van der Waals surface area contributed by atoms with Gasteiger partial charge in [-0.25, -0.2) is 4.18 Å². The molecule has 0 saturated heterocycles. The molecule has 0 aliphatic carbocycles. The second kappa shape index (κ2) is 5.60. The van der Waals surface area contributed by atoms with Gasteiger partial charge in [-0.3, -0.25) is 0 Å². The van der Waals surface area contributed by atoms with Crippen molar-refractivity contribution in [2.24, 2.45) is 5.90 Å². The Labute approximate surface area is 76.1 Å². The van der Waals surface area contributed by atoms with Crippen molar-refractivity contribution < 1.29 is 16.9 Å². The van der Waals surface area contributed by atoms with Gasteiger partial charge in [0.2, 0.25) is 0 Å². The molecule has 0 unspecified atom stereocenters. The normalized spacial score (nSPS) is 10.4. The van der Waals surface area contributed by atoms with Gasteiger partial charge >= 0.3 is 40.0 Å². The first kappa shape index (κ1) is 12.5. The predicted molar refractivity (Wildman–Crippen MR) is 33.0 cm³/mol. The molecule has 0 amide bonds. The third-order valence-electron chi connectivity index (χ3n) is 0.380. The predicted octanol–water partition coefficient (Wildman–Crippen LogP) is -1.49. The third kappa shape index (κ3) is 6.72. The summed E-state index contributed by atoms with van der Waals surface area (Å²) in [6.45, 7) is 1.54. The quantitative estimate of drug-likeness (QED) is 0.407. The first-order chi connectivity index (χ1) is 3.62. The van der Waals surface area contributed by atoms with Crippen LogP contribution < -0.4 is 5.90 Å². The van der Waals surface area contributed by atoms with Gasteiger partial charge in [0.1, 0.15) is 0 Å². The van der Waals surface area contributed by atoms with E-state index < -0.39 is 10.4 Å². The molecule has 2 N–H and O–H groups in total. The molecule has 0 aromatic rings. The first-order valence-corrected chi connectivity index (χ1v) is 3.23. The fourth-order valence-electron chi connectivity index (χ4n) is 0.172. The number of hydrogen-bond acceptors (Lipinski definition) is 5. The minimum absolute atomic E-state index is 0. The van der Waals surface area contributed by atoms with Crippen LogP contribution in [0.5, 0.6) is 0 Å². The third-order valence-corrected chi connectivity index (χ3v) is 1.14. The molecule has 0 spiro atoms. The Morgan fingerprint density at radius 1 is 1.56 bits per heavy atom. The van der Waals surface area contributed by atoms with E-state index in [9.17, 15) is 8.42 Å². The maximum absolute atomic E-state index is 10.0. The summed E-state index contributed by atoms with van der Waals surface area (Å²) >= 11 is 0. The average molecular weight is 165 g/mol. The molecule has 0 atom stereocenters. The fraction of sp³-hybridized carbons (Fsp3) is 1.00. The van der Waals surface area contributed by atoms with Gasteiger partial charge < -0.3 is 0 Å². The zero-order valence-electron chi connectivity index (χ0n) is 4.33. The maximum atomic E-state index is 10.0. The number of rotatable bonds is 3. The van der Waals surface area contributed by atoms with Crippen molar-refractivity contribution in [3.05, 3.63) is 0 Å². The summed E-state index contributed by atoms with van der Waals surface area (Å²) in [4.78, 5) is 0. The van der Waals surface area contributed by atoms with Crippen LogP contribution >= 0.6 is 0 Å². The second-order valence-electron chi connectivity index (χ2n) is 0.911. The molecule has 9 heavy (non-hydrogen) atoms. The summed E-state index contributed by atoms with van der Waals surface area (Å²) in [5.41, 5.74) is 0. The summed E-state index contributed by atoms with van der Waals surface area (Å²) in [6, 6.07) is 0. The van der Waals surface area contributed by atoms with Crippen LogP contribution in [0, 0.1) is 0 Å². The SMILES string of the molecule is CCOS(=O)(=O)ON.[NaH]. The molecule has 0 bridgehead atoms. The van der Waals surface area contributed by atoms with Crippen LogP contribution in [0.15, 0.2) is 0 Å². The van der Waals surface area contributed by atoms with E-state index in [1.54, 1.807) is 0 Å². The van der Waals surface area contributed by atoms with E-state index in [-0.39, 0.29) is 36.2 Å². The van der Waals surface area contributed by atoms with E-state index in [0.717, 1.165) is 0 Å². The first-order valence-electron chi connectivity index (χ1n) is 1.90. The Hall–Kier alpha value is 0.830. The molecule has 0 heterocycles. The topological polar surface area (TPSA) is 78.6 Å². The van der Waals surface area contributed by atoms with Crippen LogP contribution in [-0.2, 0) is 18.9 Å². The molecule has 0 saturated carbocycles. The van der Waals surface area contributed by atoms with Crippen LogP contribution in [-0.4, -0.2) is 44.6 Å². The minimum atomic E-state index is -3.89. The van der Waals surface area contributed by atoms with Crippen molar-refractivity contribution in [1.29, 1.82) is 0 Å². The number of hydrogen-bond donors (Lipinski definition) is 1. The van der Waals surface area contributed by atoms with Crippen molar-refractivity contribution in [2.45, 2.75) is 6.92 Å². The van der Waals surface area contributed by atoms with Gasteiger partial charge in [-0.05, 0) is 6.92 Å². The molecular weight excluding hydrogens is 157 g/mol. The molecular formula is C2H8NNaO4S. The van der Waals surface area contributed by atoms with Crippen molar-refractivity contribution in [2.75, 3.05) is 6.61 Å². The van der Waals surface area contributed by atoms with Crippen molar-refractivity contribution in [1.82, 2.24) is 0 Å². The van der Waals surface area contributed by atoms with Crippen LogP contribution in [0.25, 0.3) is 0 Å². The van der Waals surface area contributed by atoms with E-state index >= 15 is 0 Å². The second-order valence-corrected chi connectivity index (χ2v) is 2.16. The zero-order valence-corrected chi connectivity index (χ0v) is 5.14. The van der Waals surface area contributed by atoms with Gasteiger partial charge in [-0.2, -0.15) is 18.6 Å². The summed E-state index contributed by atoms with van der Waals surface area (Å²) < 4.78 is 27.5. The standard InChI is InChI=1S/C2H7NO4S.Na.H/c1-2-6-8(4,5)7-3;;/h2-3H2,1H3;;. The molecule has 7 heteroatoms. The summed E-state index contributed by atoms with van der Waals surface area (Å²) in [7, 11) is -3.89. The Balaban J connectivity index is 0. The van der Waals surface area contributed by atoms with Crippen molar-refractivity contribution in [3.63, 3.8) is 0 Å². The molecule has 5 nitrogen and oxygen atoms in total. The van der Waals surface area contributed by atoms with E-state index in [4.69, 9.17) is 0 Å². The number of nitrogens with two attached hydrogens (primary N) is 1. The molecule has 0 fully saturated rings. The monoisotopic (exact) mass is 165 g/mol. The van der Waals surface area contributed by atoms with Gasteiger partial charge in [0.05, 0.1) is 6.61 Å². The fourth-order valence-corrected chi connectivity index (χ4v) is 0.516. The van der Waals surface area contributed by atoms with E-state index in [2.05, 4.69) is 14.4 Å². The molecule has 0 aliphatic rings. The molecule has 0 aliphatic heterocycles. The Kier molecular flexibility index (Phi) is 7.78. The van der Waals surface area contributed by atoms with Gasteiger partial charge in [0, 0.05) is 0 Å². The van der Waals surface area contributed by atoms with Crippen LogP contribution in [0.4, 0.5) is 0 Å². The van der Waals surface area contributed by atoms with Crippen LogP contribution in [0.1, 0.15) is 6.92 Å². The zero-order chi connectivity index (χ0) is 6.62. The summed E-state index contributed by atoms with van der Waals surface area (Å²) in [5.74, 6) is 4.28. The molecule has 0 rings (SSSR count). The van der Waals surface area contributed by atoms with E-state index in [1.807, 2.05) is 0 Å². The summed E-state index contributed by atoms with van der Waals surface area (Å²) in [6.07, 6.45) is 0. The van der Waals surface area contributed by atoms with Gasteiger partial charge in [-0.15, -0.1) is 0 Å².